The summed E-state index contributed by atoms with van der Waals surface area (Å²) in [5.74, 6) is -1.31. The van der Waals surface area contributed by atoms with Crippen LogP contribution in [-0.4, -0.2) is 29.2 Å². The van der Waals surface area contributed by atoms with Crippen molar-refractivity contribution in [1.29, 1.82) is 0 Å². The van der Waals surface area contributed by atoms with E-state index in [2.05, 4.69) is 0 Å². The minimum atomic E-state index is -0.644. The fourth-order valence-electron chi connectivity index (χ4n) is 3.21. The Morgan fingerprint density at radius 1 is 1.41 bits per heavy atom. The number of fused-ring (bicyclic) bond motifs is 2. The molecule has 1 aliphatic heterocycles. The highest BCUT2D eigenvalue weighted by atomic mass is 16.2. The number of hydrogen-bond acceptors (Lipinski definition) is 3. The van der Waals surface area contributed by atoms with E-state index in [0.717, 1.165) is 4.90 Å². The molecule has 1 saturated carbocycles. The molecule has 0 aromatic rings. The van der Waals surface area contributed by atoms with E-state index < -0.39 is 11.3 Å². The smallest absolute Gasteiger partial charge is 0.237 e. The molecular weight excluding hydrogens is 220 g/mol. The van der Waals surface area contributed by atoms with Crippen molar-refractivity contribution >= 4 is 17.7 Å². The summed E-state index contributed by atoms with van der Waals surface area (Å²) in [5, 5.41) is 0. The summed E-state index contributed by atoms with van der Waals surface area (Å²) in [6.45, 7) is 5.51. The first-order valence-corrected chi connectivity index (χ1v) is 5.86. The SMILES string of the molecule is CC12CCC(C(=O)N(CC(N)=O)C1=O)C2(C)C. The quantitative estimate of drug-likeness (QED) is 0.702. The van der Waals surface area contributed by atoms with Gasteiger partial charge in [0, 0.05) is 5.92 Å². The maximum atomic E-state index is 12.4. The average Bonchev–Trinajstić information content (AvgIpc) is 2.40. The fourth-order valence-corrected chi connectivity index (χ4v) is 3.21. The number of likely N-dealkylation sites (tertiary alicyclic amines) is 1. The van der Waals surface area contributed by atoms with Crippen LogP contribution in [0.4, 0.5) is 0 Å². The number of carbonyl (C=O) groups is 3. The topological polar surface area (TPSA) is 80.5 Å². The number of rotatable bonds is 2. The minimum Gasteiger partial charge on any atom is -0.368 e. The van der Waals surface area contributed by atoms with Crippen LogP contribution >= 0.6 is 0 Å². The zero-order valence-corrected chi connectivity index (χ0v) is 10.4. The summed E-state index contributed by atoms with van der Waals surface area (Å²) in [5.41, 5.74) is 4.19. The van der Waals surface area contributed by atoms with Crippen LogP contribution in [0.1, 0.15) is 33.6 Å². The van der Waals surface area contributed by atoms with Crippen LogP contribution in [0.5, 0.6) is 0 Å². The monoisotopic (exact) mass is 238 g/mol. The Labute approximate surface area is 100 Å². The summed E-state index contributed by atoms with van der Waals surface area (Å²) >= 11 is 0. The van der Waals surface area contributed by atoms with E-state index >= 15 is 0 Å². The van der Waals surface area contributed by atoms with E-state index in [9.17, 15) is 14.4 Å². The lowest BCUT2D eigenvalue weighted by Crippen LogP contribution is -2.60. The average molecular weight is 238 g/mol. The Hall–Kier alpha value is -1.39. The number of nitrogens with zero attached hydrogens (tertiary/aromatic N) is 1. The van der Waals surface area contributed by atoms with Crippen LogP contribution < -0.4 is 5.73 Å². The van der Waals surface area contributed by atoms with Gasteiger partial charge in [-0.2, -0.15) is 0 Å². The first kappa shape index (κ1) is 12.1. The first-order valence-electron chi connectivity index (χ1n) is 5.86. The Kier molecular flexibility index (Phi) is 2.35. The van der Waals surface area contributed by atoms with Crippen molar-refractivity contribution < 1.29 is 14.4 Å². The molecule has 5 heteroatoms. The summed E-state index contributed by atoms with van der Waals surface area (Å²) in [4.78, 5) is 36.5. The van der Waals surface area contributed by atoms with Gasteiger partial charge in [-0.05, 0) is 18.3 Å². The molecule has 1 aliphatic carbocycles. The molecule has 1 heterocycles. The lowest BCUT2D eigenvalue weighted by Gasteiger charge is -2.47. The molecule has 2 atom stereocenters. The van der Waals surface area contributed by atoms with Gasteiger partial charge < -0.3 is 5.73 Å². The van der Waals surface area contributed by atoms with Crippen molar-refractivity contribution in [3.8, 4) is 0 Å². The molecule has 2 N–H and O–H groups in total. The molecule has 0 aromatic carbocycles. The molecule has 2 bridgehead atoms. The van der Waals surface area contributed by atoms with Gasteiger partial charge in [-0.25, -0.2) is 0 Å². The van der Waals surface area contributed by atoms with Crippen LogP contribution in [-0.2, 0) is 14.4 Å². The van der Waals surface area contributed by atoms with E-state index in [0.29, 0.717) is 12.8 Å². The van der Waals surface area contributed by atoms with Gasteiger partial charge in [0.05, 0.1) is 5.41 Å². The highest BCUT2D eigenvalue weighted by Crippen LogP contribution is 2.59. The molecule has 17 heavy (non-hydrogen) atoms. The van der Waals surface area contributed by atoms with Gasteiger partial charge >= 0.3 is 0 Å². The van der Waals surface area contributed by atoms with E-state index in [1.54, 1.807) is 0 Å². The second kappa shape index (κ2) is 3.31. The zero-order valence-electron chi connectivity index (χ0n) is 10.4. The van der Waals surface area contributed by atoms with Gasteiger partial charge in [0.15, 0.2) is 0 Å². The van der Waals surface area contributed by atoms with Gasteiger partial charge in [-0.15, -0.1) is 0 Å². The lowest BCUT2D eigenvalue weighted by atomic mass is 9.62. The number of nitrogens with two attached hydrogens (primary N) is 1. The van der Waals surface area contributed by atoms with Crippen molar-refractivity contribution in [2.75, 3.05) is 6.54 Å². The van der Waals surface area contributed by atoms with Crippen molar-refractivity contribution in [2.24, 2.45) is 22.5 Å². The largest absolute Gasteiger partial charge is 0.368 e. The van der Waals surface area contributed by atoms with E-state index in [1.807, 2.05) is 20.8 Å². The van der Waals surface area contributed by atoms with E-state index in [1.165, 1.54) is 0 Å². The maximum absolute atomic E-state index is 12.4. The molecule has 3 amide bonds. The molecule has 0 spiro atoms. The van der Waals surface area contributed by atoms with Gasteiger partial charge in [-0.1, -0.05) is 20.8 Å². The van der Waals surface area contributed by atoms with Crippen LogP contribution in [0, 0.1) is 16.7 Å². The Morgan fingerprint density at radius 3 is 2.53 bits per heavy atom. The lowest BCUT2D eigenvalue weighted by molar-refractivity contribution is -0.169. The van der Waals surface area contributed by atoms with Crippen molar-refractivity contribution in [3.05, 3.63) is 0 Å². The number of carbonyl (C=O) groups excluding carboxylic acids is 3. The van der Waals surface area contributed by atoms with Gasteiger partial charge in [-0.3, -0.25) is 19.3 Å². The molecular formula is C12H18N2O3. The third-order valence-electron chi connectivity index (χ3n) is 4.82. The predicted molar refractivity (Wildman–Crippen MR) is 60.5 cm³/mol. The van der Waals surface area contributed by atoms with Gasteiger partial charge in [0.25, 0.3) is 0 Å². The summed E-state index contributed by atoms with van der Waals surface area (Å²) in [6, 6.07) is 0. The summed E-state index contributed by atoms with van der Waals surface area (Å²) < 4.78 is 0. The molecule has 0 aromatic heterocycles. The highest BCUT2D eigenvalue weighted by molar-refractivity contribution is 6.05. The molecule has 94 valence electrons. The van der Waals surface area contributed by atoms with E-state index in [4.69, 9.17) is 5.73 Å². The molecule has 0 radical (unpaired) electrons. The maximum Gasteiger partial charge on any atom is 0.237 e. The molecule has 2 rings (SSSR count). The summed E-state index contributed by atoms with van der Waals surface area (Å²) in [7, 11) is 0. The summed E-state index contributed by atoms with van der Waals surface area (Å²) in [6.07, 6.45) is 1.41. The third-order valence-corrected chi connectivity index (χ3v) is 4.82. The Balaban J connectivity index is 2.42. The standard InChI is InChI=1S/C12H18N2O3/c1-11(2)7-4-5-12(11,3)10(17)14(9(7)16)6-8(13)15/h7H,4-6H2,1-3H3,(H2,13,15). The zero-order chi connectivity index (χ0) is 13.0. The molecule has 2 aliphatic rings. The Morgan fingerprint density at radius 2 is 2.00 bits per heavy atom. The number of amides is 3. The van der Waals surface area contributed by atoms with Crippen LogP contribution in [0.25, 0.3) is 0 Å². The first-order chi connectivity index (χ1) is 7.72. The molecule has 5 nitrogen and oxygen atoms in total. The normalized spacial score (nSPS) is 35.2. The number of primary amides is 1. The number of hydrogen-bond donors (Lipinski definition) is 1. The van der Waals surface area contributed by atoms with Crippen molar-refractivity contribution in [3.63, 3.8) is 0 Å². The second-order valence-electron chi connectivity index (χ2n) is 5.84. The molecule has 1 saturated heterocycles. The van der Waals surface area contributed by atoms with E-state index in [-0.39, 0.29) is 29.7 Å². The second-order valence-corrected chi connectivity index (χ2v) is 5.84. The molecule has 2 fully saturated rings. The highest BCUT2D eigenvalue weighted by Gasteiger charge is 2.64. The third kappa shape index (κ3) is 1.34. The van der Waals surface area contributed by atoms with Gasteiger partial charge in [0.2, 0.25) is 17.7 Å². The number of piperidine rings is 1. The minimum absolute atomic E-state index is 0.176. The van der Waals surface area contributed by atoms with Crippen LogP contribution in [0.3, 0.4) is 0 Å². The molecule has 2 unspecified atom stereocenters. The fraction of sp³-hybridized carbons (Fsp3) is 0.750. The van der Waals surface area contributed by atoms with Crippen LogP contribution in [0.15, 0.2) is 0 Å². The van der Waals surface area contributed by atoms with Crippen molar-refractivity contribution in [2.45, 2.75) is 33.6 Å². The predicted octanol–water partition coefficient (Wildman–Crippen LogP) is 0.283. The Bertz CT molecular complexity index is 416. The number of imide groups is 1. The van der Waals surface area contributed by atoms with Gasteiger partial charge in [0.1, 0.15) is 6.54 Å². The van der Waals surface area contributed by atoms with Crippen molar-refractivity contribution in [1.82, 2.24) is 4.90 Å². The van der Waals surface area contributed by atoms with Crippen LogP contribution in [0.2, 0.25) is 0 Å².